The predicted molar refractivity (Wildman–Crippen MR) is 140 cm³/mol. The molecular formula is C26H20ClN3O4S. The molecule has 0 saturated heterocycles. The maximum Gasteiger partial charge on any atom is 0.291 e. The molecule has 0 aliphatic heterocycles. The summed E-state index contributed by atoms with van der Waals surface area (Å²) in [6, 6.07) is 19.3. The Morgan fingerprint density at radius 3 is 2.51 bits per heavy atom. The molecule has 2 amide bonds. The van der Waals surface area contributed by atoms with Crippen molar-refractivity contribution >= 4 is 58.2 Å². The van der Waals surface area contributed by atoms with E-state index < -0.39 is 5.91 Å². The van der Waals surface area contributed by atoms with Crippen molar-refractivity contribution in [1.82, 2.24) is 5.32 Å². The van der Waals surface area contributed by atoms with Crippen molar-refractivity contribution in [3.05, 3.63) is 101 Å². The van der Waals surface area contributed by atoms with Gasteiger partial charge >= 0.3 is 0 Å². The average Bonchev–Trinajstić information content (AvgIpc) is 3.52. The molecule has 0 saturated carbocycles. The molecule has 0 fully saturated rings. The Morgan fingerprint density at radius 1 is 1.00 bits per heavy atom. The molecule has 0 bridgehead atoms. The van der Waals surface area contributed by atoms with Gasteiger partial charge in [-0.25, -0.2) is 0 Å². The molecule has 0 spiro atoms. The Bertz CT molecular complexity index is 1390. The van der Waals surface area contributed by atoms with Crippen LogP contribution in [0.15, 0.2) is 87.9 Å². The van der Waals surface area contributed by atoms with E-state index in [2.05, 4.69) is 16.0 Å². The summed E-state index contributed by atoms with van der Waals surface area (Å²) in [5.74, 6) is 0.653. The monoisotopic (exact) mass is 505 g/mol. The zero-order valence-electron chi connectivity index (χ0n) is 18.5. The number of rotatable bonds is 6. The van der Waals surface area contributed by atoms with Gasteiger partial charge in [-0.1, -0.05) is 11.6 Å². The van der Waals surface area contributed by atoms with E-state index in [1.54, 1.807) is 54.6 Å². The van der Waals surface area contributed by atoms with Crippen LogP contribution in [0.1, 0.15) is 21.9 Å². The third-order valence-electron chi connectivity index (χ3n) is 4.87. The van der Waals surface area contributed by atoms with Crippen LogP contribution in [-0.4, -0.2) is 16.9 Å². The van der Waals surface area contributed by atoms with E-state index in [0.717, 1.165) is 11.1 Å². The second-order valence-corrected chi connectivity index (χ2v) is 8.29. The molecule has 3 N–H and O–H groups in total. The second kappa shape index (κ2) is 10.9. The Balaban J connectivity index is 1.30. The number of furan rings is 2. The highest BCUT2D eigenvalue weighted by molar-refractivity contribution is 7.80. The Morgan fingerprint density at radius 2 is 1.80 bits per heavy atom. The van der Waals surface area contributed by atoms with Crippen molar-refractivity contribution in [3.8, 4) is 11.3 Å². The first-order valence-electron chi connectivity index (χ1n) is 10.5. The molecule has 35 heavy (non-hydrogen) atoms. The molecule has 4 aromatic rings. The van der Waals surface area contributed by atoms with Crippen molar-refractivity contribution < 1.29 is 18.4 Å². The van der Waals surface area contributed by atoms with Crippen molar-refractivity contribution in [2.24, 2.45) is 0 Å². The van der Waals surface area contributed by atoms with Gasteiger partial charge in [0.1, 0.15) is 11.5 Å². The van der Waals surface area contributed by atoms with Crippen molar-refractivity contribution in [2.75, 3.05) is 10.6 Å². The summed E-state index contributed by atoms with van der Waals surface area (Å²) in [6.45, 7) is 1.84. The number of amides is 2. The largest absolute Gasteiger partial charge is 0.459 e. The van der Waals surface area contributed by atoms with Gasteiger partial charge in [-0.2, -0.15) is 0 Å². The van der Waals surface area contributed by atoms with E-state index in [4.69, 9.17) is 32.7 Å². The van der Waals surface area contributed by atoms with E-state index in [1.165, 1.54) is 12.3 Å². The van der Waals surface area contributed by atoms with Crippen LogP contribution in [0.5, 0.6) is 0 Å². The van der Waals surface area contributed by atoms with Gasteiger partial charge in [0.15, 0.2) is 10.9 Å². The topological polar surface area (TPSA) is 96.5 Å². The molecule has 0 unspecified atom stereocenters. The second-order valence-electron chi connectivity index (χ2n) is 7.45. The SMILES string of the molecule is Cc1cc(NC(=S)NC(=O)C=Cc2ccc(-c3ccc(Cl)cc3)o2)ccc1NC(=O)c1ccco1. The highest BCUT2D eigenvalue weighted by atomic mass is 35.5. The van der Waals surface area contributed by atoms with Gasteiger partial charge in [0.25, 0.3) is 5.91 Å². The summed E-state index contributed by atoms with van der Waals surface area (Å²) in [5.41, 5.74) is 2.97. The van der Waals surface area contributed by atoms with Crippen LogP contribution in [0, 0.1) is 6.92 Å². The molecule has 0 atom stereocenters. The number of carbonyl (C=O) groups excluding carboxylic acids is 2. The Hall–Kier alpha value is -4.14. The predicted octanol–water partition coefficient (Wildman–Crippen LogP) is 6.28. The molecule has 176 valence electrons. The molecular weight excluding hydrogens is 486 g/mol. The van der Waals surface area contributed by atoms with Gasteiger partial charge in [0.05, 0.1) is 6.26 Å². The maximum atomic E-state index is 12.2. The van der Waals surface area contributed by atoms with E-state index in [1.807, 2.05) is 25.1 Å². The van der Waals surface area contributed by atoms with Gasteiger partial charge in [0, 0.05) is 28.0 Å². The summed E-state index contributed by atoms with van der Waals surface area (Å²) in [5, 5.41) is 9.10. The number of anilines is 2. The first-order chi connectivity index (χ1) is 16.9. The van der Waals surface area contributed by atoms with E-state index in [0.29, 0.717) is 27.9 Å². The van der Waals surface area contributed by atoms with Crippen LogP contribution in [0.2, 0.25) is 5.02 Å². The number of carbonyl (C=O) groups is 2. The number of halogens is 1. The minimum absolute atomic E-state index is 0.132. The smallest absolute Gasteiger partial charge is 0.291 e. The first kappa shape index (κ1) is 24.0. The minimum Gasteiger partial charge on any atom is -0.459 e. The number of aryl methyl sites for hydroxylation is 1. The van der Waals surface area contributed by atoms with Crippen LogP contribution < -0.4 is 16.0 Å². The van der Waals surface area contributed by atoms with Crippen LogP contribution in [-0.2, 0) is 4.79 Å². The molecule has 2 aromatic heterocycles. The molecule has 4 rings (SSSR count). The normalized spacial score (nSPS) is 10.8. The molecule has 9 heteroatoms. The lowest BCUT2D eigenvalue weighted by Crippen LogP contribution is -2.32. The fraction of sp³-hybridized carbons (Fsp3) is 0.0385. The van der Waals surface area contributed by atoms with E-state index in [-0.39, 0.29) is 16.8 Å². The van der Waals surface area contributed by atoms with Gasteiger partial charge < -0.3 is 19.5 Å². The zero-order valence-corrected chi connectivity index (χ0v) is 20.1. The summed E-state index contributed by atoms with van der Waals surface area (Å²) in [4.78, 5) is 24.4. The van der Waals surface area contributed by atoms with Gasteiger partial charge in [0.2, 0.25) is 5.91 Å². The molecule has 2 aromatic carbocycles. The fourth-order valence-electron chi connectivity index (χ4n) is 3.16. The summed E-state index contributed by atoms with van der Waals surface area (Å²) in [6.07, 6.45) is 4.32. The molecule has 7 nitrogen and oxygen atoms in total. The van der Waals surface area contributed by atoms with Gasteiger partial charge in [-0.3, -0.25) is 14.9 Å². The van der Waals surface area contributed by atoms with Gasteiger partial charge in [-0.15, -0.1) is 0 Å². The third-order valence-corrected chi connectivity index (χ3v) is 5.32. The number of hydrogen-bond donors (Lipinski definition) is 3. The lowest BCUT2D eigenvalue weighted by molar-refractivity contribution is -0.115. The summed E-state index contributed by atoms with van der Waals surface area (Å²) < 4.78 is 10.8. The third kappa shape index (κ3) is 6.47. The van der Waals surface area contributed by atoms with Gasteiger partial charge in [-0.05, 0) is 97.5 Å². The summed E-state index contributed by atoms with van der Waals surface area (Å²) in [7, 11) is 0. The van der Waals surface area contributed by atoms with E-state index in [9.17, 15) is 9.59 Å². The lowest BCUT2D eigenvalue weighted by atomic mass is 10.1. The van der Waals surface area contributed by atoms with Crippen LogP contribution in [0.3, 0.4) is 0 Å². The van der Waals surface area contributed by atoms with Crippen LogP contribution in [0.25, 0.3) is 17.4 Å². The molecule has 0 radical (unpaired) electrons. The summed E-state index contributed by atoms with van der Waals surface area (Å²) >= 11 is 11.1. The number of hydrogen-bond acceptors (Lipinski definition) is 5. The molecule has 0 aliphatic carbocycles. The number of benzene rings is 2. The molecule has 0 aliphatic rings. The average molecular weight is 506 g/mol. The number of thiocarbonyl (C=S) groups is 1. The van der Waals surface area contributed by atoms with Crippen molar-refractivity contribution in [1.29, 1.82) is 0 Å². The fourth-order valence-corrected chi connectivity index (χ4v) is 3.50. The Kier molecular flexibility index (Phi) is 7.45. The standard InChI is InChI=1S/C26H20ClN3O4S/c1-16-15-19(8-11-21(16)29-25(32)23-3-2-14-33-23)28-26(35)30-24(31)13-10-20-9-12-22(34-20)17-4-6-18(27)7-5-17/h2-15H,1H3,(H,29,32)(H2,28,30,31,35). The maximum absolute atomic E-state index is 12.2. The first-order valence-corrected chi connectivity index (χ1v) is 11.3. The lowest BCUT2D eigenvalue weighted by Gasteiger charge is -2.12. The van der Waals surface area contributed by atoms with Crippen molar-refractivity contribution in [2.45, 2.75) is 6.92 Å². The Labute approximate surface area is 211 Å². The highest BCUT2D eigenvalue weighted by Crippen LogP contribution is 2.24. The van der Waals surface area contributed by atoms with E-state index >= 15 is 0 Å². The zero-order chi connectivity index (χ0) is 24.8. The number of nitrogens with one attached hydrogen (secondary N) is 3. The van der Waals surface area contributed by atoms with Crippen LogP contribution >= 0.6 is 23.8 Å². The van der Waals surface area contributed by atoms with Crippen LogP contribution in [0.4, 0.5) is 11.4 Å². The minimum atomic E-state index is -0.411. The molecule has 2 heterocycles. The van der Waals surface area contributed by atoms with Crippen molar-refractivity contribution in [3.63, 3.8) is 0 Å². The quantitative estimate of drug-likeness (QED) is 0.211. The highest BCUT2D eigenvalue weighted by Gasteiger charge is 2.11.